The SMILES string of the molecule is Cc1onc(-c2ccccc2Cl)c1C(=O)Nc1ccc(S(=O)(=O)Nc2ccccn2)cc1. The van der Waals surface area contributed by atoms with Crippen molar-refractivity contribution >= 4 is 39.0 Å². The van der Waals surface area contributed by atoms with Crippen molar-refractivity contribution in [3.05, 3.63) is 89.3 Å². The second-order valence-electron chi connectivity index (χ2n) is 6.74. The molecule has 4 rings (SSSR count). The number of carbonyl (C=O) groups excluding carboxylic acids is 1. The lowest BCUT2D eigenvalue weighted by molar-refractivity contribution is 0.102. The van der Waals surface area contributed by atoms with E-state index < -0.39 is 15.9 Å². The van der Waals surface area contributed by atoms with Crippen molar-refractivity contribution in [3.63, 3.8) is 0 Å². The zero-order valence-electron chi connectivity index (χ0n) is 16.7. The lowest BCUT2D eigenvalue weighted by Crippen LogP contribution is -2.15. The number of hydrogen-bond acceptors (Lipinski definition) is 6. The van der Waals surface area contributed by atoms with Gasteiger partial charge in [-0.3, -0.25) is 9.52 Å². The quantitative estimate of drug-likeness (QED) is 0.422. The van der Waals surface area contributed by atoms with Gasteiger partial charge in [-0.25, -0.2) is 13.4 Å². The number of nitrogens with one attached hydrogen (secondary N) is 2. The summed E-state index contributed by atoms with van der Waals surface area (Å²) in [7, 11) is -3.82. The number of carbonyl (C=O) groups is 1. The van der Waals surface area contributed by atoms with Crippen molar-refractivity contribution in [3.8, 4) is 11.3 Å². The number of hydrogen-bond donors (Lipinski definition) is 2. The lowest BCUT2D eigenvalue weighted by atomic mass is 10.1. The maximum absolute atomic E-state index is 12.9. The van der Waals surface area contributed by atoms with Crippen molar-refractivity contribution in [2.24, 2.45) is 0 Å². The molecule has 2 N–H and O–H groups in total. The first kappa shape index (κ1) is 21.5. The third-order valence-electron chi connectivity index (χ3n) is 4.55. The van der Waals surface area contributed by atoms with Crippen LogP contribution in [-0.4, -0.2) is 24.5 Å². The molecule has 0 atom stereocenters. The van der Waals surface area contributed by atoms with E-state index in [0.29, 0.717) is 27.7 Å². The Morgan fingerprint density at radius 2 is 1.72 bits per heavy atom. The molecule has 10 heteroatoms. The molecule has 162 valence electrons. The largest absolute Gasteiger partial charge is 0.360 e. The fourth-order valence-corrected chi connectivity index (χ4v) is 4.24. The molecule has 0 bridgehead atoms. The van der Waals surface area contributed by atoms with Gasteiger partial charge in [0.15, 0.2) is 0 Å². The van der Waals surface area contributed by atoms with Gasteiger partial charge in [-0.2, -0.15) is 0 Å². The van der Waals surface area contributed by atoms with Gasteiger partial charge in [0.25, 0.3) is 15.9 Å². The van der Waals surface area contributed by atoms with E-state index in [1.54, 1.807) is 49.4 Å². The average molecular weight is 469 g/mol. The third kappa shape index (κ3) is 4.48. The van der Waals surface area contributed by atoms with Crippen molar-refractivity contribution in [2.75, 3.05) is 10.0 Å². The molecular weight excluding hydrogens is 452 g/mol. The van der Waals surface area contributed by atoms with Crippen LogP contribution in [0.1, 0.15) is 16.1 Å². The van der Waals surface area contributed by atoms with Gasteiger partial charge in [-0.1, -0.05) is 41.0 Å². The summed E-state index contributed by atoms with van der Waals surface area (Å²) in [4.78, 5) is 16.9. The highest BCUT2D eigenvalue weighted by Gasteiger charge is 2.23. The molecule has 4 aromatic rings. The lowest BCUT2D eigenvalue weighted by Gasteiger charge is -2.09. The molecule has 32 heavy (non-hydrogen) atoms. The molecule has 0 aliphatic carbocycles. The van der Waals surface area contributed by atoms with Gasteiger partial charge in [0.2, 0.25) is 0 Å². The van der Waals surface area contributed by atoms with Gasteiger partial charge in [0.1, 0.15) is 22.8 Å². The van der Waals surface area contributed by atoms with Crippen LogP contribution in [0.3, 0.4) is 0 Å². The number of amides is 1. The summed E-state index contributed by atoms with van der Waals surface area (Å²) >= 11 is 6.24. The second kappa shape index (κ2) is 8.81. The number of rotatable bonds is 6. The fourth-order valence-electron chi connectivity index (χ4n) is 3.01. The summed E-state index contributed by atoms with van der Waals surface area (Å²) in [5.74, 6) is 0.0805. The minimum atomic E-state index is -3.82. The van der Waals surface area contributed by atoms with Crippen LogP contribution in [-0.2, 0) is 10.0 Å². The highest BCUT2D eigenvalue weighted by molar-refractivity contribution is 7.92. The minimum absolute atomic E-state index is 0.0269. The van der Waals surface area contributed by atoms with Gasteiger partial charge >= 0.3 is 0 Å². The Balaban J connectivity index is 1.54. The van der Waals surface area contributed by atoms with E-state index in [2.05, 4.69) is 20.2 Å². The van der Waals surface area contributed by atoms with Gasteiger partial charge in [-0.05, 0) is 49.4 Å². The number of benzene rings is 2. The average Bonchev–Trinajstić information content (AvgIpc) is 3.16. The predicted octanol–water partition coefficient (Wildman–Crippen LogP) is 4.75. The molecule has 0 radical (unpaired) electrons. The van der Waals surface area contributed by atoms with Crippen LogP contribution in [0.4, 0.5) is 11.5 Å². The summed E-state index contributed by atoms with van der Waals surface area (Å²) in [5.41, 5.74) is 1.53. The molecule has 0 aliphatic rings. The number of pyridine rings is 1. The number of sulfonamides is 1. The van der Waals surface area contributed by atoms with Gasteiger partial charge < -0.3 is 9.84 Å². The van der Waals surface area contributed by atoms with E-state index in [9.17, 15) is 13.2 Å². The second-order valence-corrected chi connectivity index (χ2v) is 8.83. The maximum atomic E-state index is 12.9. The van der Waals surface area contributed by atoms with Gasteiger partial charge in [0.05, 0.1) is 9.92 Å². The first-order valence-corrected chi connectivity index (χ1v) is 11.3. The molecule has 0 aliphatic heterocycles. The Hall–Kier alpha value is -3.69. The Kier molecular flexibility index (Phi) is 5.93. The van der Waals surface area contributed by atoms with E-state index >= 15 is 0 Å². The standard InChI is InChI=1S/C22H17ClN4O4S/c1-14-20(21(26-31-14)17-6-2-3-7-18(17)23)22(28)25-15-9-11-16(12-10-15)32(29,30)27-19-8-4-5-13-24-19/h2-13H,1H3,(H,24,27)(H,25,28). The Labute approximate surface area is 189 Å². The topological polar surface area (TPSA) is 114 Å². The highest BCUT2D eigenvalue weighted by atomic mass is 35.5. The third-order valence-corrected chi connectivity index (χ3v) is 6.25. The molecule has 0 saturated heterocycles. The van der Waals surface area contributed by atoms with E-state index in [4.69, 9.17) is 16.1 Å². The fraction of sp³-hybridized carbons (Fsp3) is 0.0455. The summed E-state index contributed by atoms with van der Waals surface area (Å²) in [5, 5.41) is 7.15. The smallest absolute Gasteiger partial charge is 0.263 e. The molecule has 0 fully saturated rings. The van der Waals surface area contributed by atoms with Gasteiger partial charge in [0, 0.05) is 17.4 Å². The van der Waals surface area contributed by atoms with E-state index in [1.807, 2.05) is 0 Å². The molecule has 0 saturated carbocycles. The molecule has 2 aromatic carbocycles. The number of halogens is 1. The molecular formula is C22H17ClN4O4S. The number of anilines is 2. The molecule has 8 nitrogen and oxygen atoms in total. The molecule has 2 aromatic heterocycles. The van der Waals surface area contributed by atoms with Crippen LogP contribution in [0, 0.1) is 6.92 Å². The summed E-state index contributed by atoms with van der Waals surface area (Å²) < 4.78 is 32.7. The molecule has 0 unspecified atom stereocenters. The highest BCUT2D eigenvalue weighted by Crippen LogP contribution is 2.31. The van der Waals surface area contributed by atoms with Crippen LogP contribution in [0.5, 0.6) is 0 Å². The van der Waals surface area contributed by atoms with Crippen LogP contribution < -0.4 is 10.0 Å². The van der Waals surface area contributed by atoms with Crippen LogP contribution in [0.25, 0.3) is 11.3 Å². The molecule has 1 amide bonds. The van der Waals surface area contributed by atoms with Crippen molar-refractivity contribution in [1.29, 1.82) is 0 Å². The predicted molar refractivity (Wildman–Crippen MR) is 121 cm³/mol. The van der Waals surface area contributed by atoms with Gasteiger partial charge in [-0.15, -0.1) is 0 Å². The molecule has 0 spiro atoms. The number of aromatic nitrogens is 2. The zero-order valence-corrected chi connectivity index (χ0v) is 18.3. The first-order valence-electron chi connectivity index (χ1n) is 9.41. The number of nitrogens with zero attached hydrogens (tertiary/aromatic N) is 2. The normalized spacial score (nSPS) is 11.2. The van der Waals surface area contributed by atoms with E-state index in [-0.39, 0.29) is 16.3 Å². The maximum Gasteiger partial charge on any atom is 0.263 e. The van der Waals surface area contributed by atoms with Crippen LogP contribution in [0.15, 0.2) is 82.3 Å². The Morgan fingerprint density at radius 3 is 2.41 bits per heavy atom. The van der Waals surface area contributed by atoms with Crippen LogP contribution >= 0.6 is 11.6 Å². The summed E-state index contributed by atoms with van der Waals surface area (Å²) in [6.07, 6.45) is 1.49. The van der Waals surface area contributed by atoms with Crippen molar-refractivity contribution < 1.29 is 17.7 Å². The van der Waals surface area contributed by atoms with Crippen molar-refractivity contribution in [2.45, 2.75) is 11.8 Å². The minimum Gasteiger partial charge on any atom is -0.360 e. The zero-order chi connectivity index (χ0) is 22.7. The van der Waals surface area contributed by atoms with Crippen LogP contribution in [0.2, 0.25) is 5.02 Å². The first-order chi connectivity index (χ1) is 15.3. The molecule has 2 heterocycles. The Bertz CT molecular complexity index is 1370. The number of aryl methyl sites for hydroxylation is 1. The monoisotopic (exact) mass is 468 g/mol. The Morgan fingerprint density at radius 1 is 1.00 bits per heavy atom. The summed E-state index contributed by atoms with van der Waals surface area (Å²) in [6.45, 7) is 1.63. The van der Waals surface area contributed by atoms with Crippen molar-refractivity contribution in [1.82, 2.24) is 10.1 Å². The van der Waals surface area contributed by atoms with E-state index in [0.717, 1.165) is 0 Å². The van der Waals surface area contributed by atoms with E-state index in [1.165, 1.54) is 30.5 Å². The summed E-state index contributed by atoms with van der Waals surface area (Å²) in [6, 6.07) is 17.6.